The van der Waals surface area contributed by atoms with Crippen LogP contribution in [0.3, 0.4) is 0 Å². The van der Waals surface area contributed by atoms with E-state index >= 15 is 0 Å². The Morgan fingerprint density at radius 2 is 1.92 bits per heavy atom. The number of carbonyl (C=O) groups excluding carboxylic acids is 1. The number of pyridine rings is 2. The summed E-state index contributed by atoms with van der Waals surface area (Å²) in [7, 11) is 0. The first-order valence-corrected chi connectivity index (χ1v) is 12.2. The molecule has 1 aliphatic rings. The SMILES string of the molecule is O=C(Nc1cnc(-n2nccn2)c(Cl)c1)c1cnn(-c2cccc3nc([C@H]4CCCO4)ccc23)c1C(F)(F)F. The molecule has 1 aliphatic heterocycles. The number of alkyl halides is 3. The number of ether oxygens (including phenoxy) is 1. The predicted molar refractivity (Wildman–Crippen MR) is 134 cm³/mol. The number of fused-ring (bicyclic) bond motifs is 1. The summed E-state index contributed by atoms with van der Waals surface area (Å²) in [6.07, 6.45) is 1.68. The average Bonchev–Trinajstić information content (AvgIpc) is 3.70. The summed E-state index contributed by atoms with van der Waals surface area (Å²) in [6.45, 7) is 0.644. The molecule has 39 heavy (non-hydrogen) atoms. The van der Waals surface area contributed by atoms with Gasteiger partial charge < -0.3 is 10.1 Å². The van der Waals surface area contributed by atoms with E-state index in [0.717, 1.165) is 24.7 Å². The highest BCUT2D eigenvalue weighted by molar-refractivity contribution is 6.32. The van der Waals surface area contributed by atoms with Crippen LogP contribution in [0.2, 0.25) is 5.02 Å². The highest BCUT2D eigenvalue weighted by atomic mass is 35.5. The van der Waals surface area contributed by atoms with Crippen LogP contribution in [0, 0.1) is 0 Å². The summed E-state index contributed by atoms with van der Waals surface area (Å²) in [5.74, 6) is -0.842. The molecule has 0 saturated carbocycles. The molecular formula is C25H18ClF3N8O2. The van der Waals surface area contributed by atoms with E-state index in [0.29, 0.717) is 22.2 Å². The van der Waals surface area contributed by atoms with Gasteiger partial charge in [-0.25, -0.2) is 14.6 Å². The van der Waals surface area contributed by atoms with Crippen molar-refractivity contribution in [2.45, 2.75) is 25.1 Å². The topological polar surface area (TPSA) is 113 Å². The van der Waals surface area contributed by atoms with Crippen LogP contribution in [-0.2, 0) is 10.9 Å². The van der Waals surface area contributed by atoms with Crippen molar-refractivity contribution in [3.05, 3.63) is 83.2 Å². The number of rotatable bonds is 5. The van der Waals surface area contributed by atoms with Gasteiger partial charge in [0.1, 0.15) is 0 Å². The van der Waals surface area contributed by atoms with Crippen LogP contribution in [0.4, 0.5) is 18.9 Å². The number of benzene rings is 1. The van der Waals surface area contributed by atoms with Gasteiger partial charge in [0, 0.05) is 12.0 Å². The molecule has 1 N–H and O–H groups in total. The lowest BCUT2D eigenvalue weighted by atomic mass is 10.1. The average molecular weight is 555 g/mol. The Labute approximate surface area is 223 Å². The van der Waals surface area contributed by atoms with Gasteiger partial charge in [-0.2, -0.15) is 28.5 Å². The van der Waals surface area contributed by atoms with Crippen LogP contribution in [0.15, 0.2) is 61.2 Å². The maximum Gasteiger partial charge on any atom is 0.434 e. The molecule has 14 heteroatoms. The minimum Gasteiger partial charge on any atom is -0.372 e. The van der Waals surface area contributed by atoms with Gasteiger partial charge in [0.05, 0.1) is 64.1 Å². The Morgan fingerprint density at radius 3 is 2.64 bits per heavy atom. The predicted octanol–water partition coefficient (Wildman–Crippen LogP) is 5.17. The fourth-order valence-corrected chi connectivity index (χ4v) is 4.71. The fraction of sp³-hybridized carbons (Fsp3) is 0.200. The minimum atomic E-state index is -4.90. The van der Waals surface area contributed by atoms with Crippen molar-refractivity contribution in [2.24, 2.45) is 0 Å². The zero-order valence-corrected chi connectivity index (χ0v) is 20.7. The molecule has 1 amide bonds. The number of aromatic nitrogens is 7. The first-order valence-electron chi connectivity index (χ1n) is 11.8. The Hall–Kier alpha value is -4.36. The Balaban J connectivity index is 1.35. The summed E-state index contributed by atoms with van der Waals surface area (Å²) in [5, 5.41) is 14.7. The standard InChI is InChI=1S/C25H18ClF3N8O2/c26-17-11-14(12-30-23(17)37-31-8-9-32-37)34-24(38)16-13-33-36(22(16)25(27,28)29)20-4-1-3-18-15(20)6-7-19(35-18)21-5-2-10-39-21/h1,3-4,6-9,11-13,21H,2,5,10H2,(H,34,38)/t21-/m1/s1. The number of nitrogens with zero attached hydrogens (tertiary/aromatic N) is 7. The molecule has 1 atom stereocenters. The quantitative estimate of drug-likeness (QED) is 0.319. The van der Waals surface area contributed by atoms with Crippen molar-refractivity contribution in [3.8, 4) is 11.5 Å². The van der Waals surface area contributed by atoms with Crippen molar-refractivity contribution in [2.75, 3.05) is 11.9 Å². The van der Waals surface area contributed by atoms with Crippen molar-refractivity contribution in [3.63, 3.8) is 0 Å². The van der Waals surface area contributed by atoms with Crippen molar-refractivity contribution in [1.82, 2.24) is 34.7 Å². The summed E-state index contributed by atoms with van der Waals surface area (Å²) in [6, 6.07) is 9.57. The van der Waals surface area contributed by atoms with Gasteiger partial charge in [-0.3, -0.25) is 4.79 Å². The van der Waals surface area contributed by atoms with Crippen molar-refractivity contribution in [1.29, 1.82) is 0 Å². The molecule has 5 aromatic rings. The Bertz CT molecular complexity index is 1680. The maximum atomic E-state index is 14.3. The lowest BCUT2D eigenvalue weighted by Crippen LogP contribution is -2.21. The van der Waals surface area contributed by atoms with Crippen molar-refractivity contribution >= 4 is 34.1 Å². The number of amides is 1. The monoisotopic (exact) mass is 554 g/mol. The summed E-state index contributed by atoms with van der Waals surface area (Å²) in [4.78, 5) is 22.9. The molecule has 1 fully saturated rings. The van der Waals surface area contributed by atoms with E-state index in [2.05, 4.69) is 30.6 Å². The second kappa shape index (κ2) is 9.75. The second-order valence-electron chi connectivity index (χ2n) is 8.70. The third-order valence-corrected chi connectivity index (χ3v) is 6.47. The molecule has 6 rings (SSSR count). The van der Waals surface area contributed by atoms with E-state index in [9.17, 15) is 18.0 Å². The normalized spacial score (nSPS) is 15.6. The van der Waals surface area contributed by atoms with Gasteiger partial charge in [0.2, 0.25) is 0 Å². The highest BCUT2D eigenvalue weighted by Gasteiger charge is 2.41. The zero-order valence-electron chi connectivity index (χ0n) is 19.9. The summed E-state index contributed by atoms with van der Waals surface area (Å²) >= 11 is 6.22. The van der Waals surface area contributed by atoms with E-state index in [1.807, 2.05) is 0 Å². The van der Waals surface area contributed by atoms with E-state index in [1.54, 1.807) is 24.3 Å². The van der Waals surface area contributed by atoms with Crippen LogP contribution in [0.25, 0.3) is 22.4 Å². The van der Waals surface area contributed by atoms with Crippen LogP contribution >= 0.6 is 11.6 Å². The molecule has 1 aromatic carbocycles. The molecule has 4 aromatic heterocycles. The number of halogens is 4. The van der Waals surface area contributed by atoms with Gasteiger partial charge in [-0.15, -0.1) is 4.80 Å². The molecular weight excluding hydrogens is 537 g/mol. The molecule has 0 aliphatic carbocycles. The van der Waals surface area contributed by atoms with E-state index in [-0.39, 0.29) is 28.3 Å². The molecule has 10 nitrogen and oxygen atoms in total. The number of hydrogen-bond donors (Lipinski definition) is 1. The Kier molecular flexibility index (Phi) is 6.23. The molecule has 0 unspecified atom stereocenters. The number of anilines is 1. The highest BCUT2D eigenvalue weighted by Crippen LogP contribution is 2.36. The summed E-state index contributed by atoms with van der Waals surface area (Å²) < 4.78 is 49.4. The molecule has 0 spiro atoms. The molecule has 5 heterocycles. The van der Waals surface area contributed by atoms with Crippen LogP contribution in [0.5, 0.6) is 0 Å². The molecule has 0 radical (unpaired) electrons. The number of hydrogen-bond acceptors (Lipinski definition) is 7. The van der Waals surface area contributed by atoms with Crippen LogP contribution in [-0.4, -0.2) is 47.3 Å². The first-order chi connectivity index (χ1) is 18.8. The third-order valence-electron chi connectivity index (χ3n) is 6.19. The van der Waals surface area contributed by atoms with E-state index < -0.39 is 23.3 Å². The van der Waals surface area contributed by atoms with Crippen LogP contribution < -0.4 is 5.32 Å². The van der Waals surface area contributed by atoms with Gasteiger partial charge >= 0.3 is 6.18 Å². The first kappa shape index (κ1) is 24.9. The van der Waals surface area contributed by atoms with Gasteiger partial charge in [0.15, 0.2) is 11.5 Å². The smallest absolute Gasteiger partial charge is 0.372 e. The third kappa shape index (κ3) is 4.70. The lowest BCUT2D eigenvalue weighted by Gasteiger charge is -2.15. The lowest BCUT2D eigenvalue weighted by molar-refractivity contribution is -0.143. The van der Waals surface area contributed by atoms with Gasteiger partial charge in [-0.05, 0) is 43.2 Å². The molecule has 198 valence electrons. The van der Waals surface area contributed by atoms with Crippen molar-refractivity contribution < 1.29 is 22.7 Å². The fourth-order valence-electron chi connectivity index (χ4n) is 4.47. The molecule has 1 saturated heterocycles. The summed E-state index contributed by atoms with van der Waals surface area (Å²) in [5.41, 5.74) is -0.480. The van der Waals surface area contributed by atoms with E-state index in [1.165, 1.54) is 35.5 Å². The Morgan fingerprint density at radius 1 is 1.10 bits per heavy atom. The van der Waals surface area contributed by atoms with Crippen LogP contribution in [0.1, 0.15) is 40.7 Å². The van der Waals surface area contributed by atoms with Gasteiger partial charge in [-0.1, -0.05) is 17.7 Å². The number of carbonyl (C=O) groups is 1. The van der Waals surface area contributed by atoms with Gasteiger partial charge in [0.25, 0.3) is 5.91 Å². The van der Waals surface area contributed by atoms with E-state index in [4.69, 9.17) is 16.3 Å². The minimum absolute atomic E-state index is 0.0813. The second-order valence-corrected chi connectivity index (χ2v) is 9.11. The maximum absolute atomic E-state index is 14.3. The number of nitrogens with one attached hydrogen (secondary N) is 1. The largest absolute Gasteiger partial charge is 0.434 e. The molecule has 0 bridgehead atoms. The zero-order chi connectivity index (χ0) is 27.1.